The van der Waals surface area contributed by atoms with Gasteiger partial charge in [-0.05, 0) is 18.9 Å². The molecule has 0 spiro atoms. The zero-order valence-electron chi connectivity index (χ0n) is 11.4. The van der Waals surface area contributed by atoms with Crippen LogP contribution in [0, 0.1) is 10.1 Å². The maximum Gasteiger partial charge on any atom is 0.338 e. The molecule has 0 unspecified atom stereocenters. The van der Waals surface area contributed by atoms with Crippen LogP contribution in [0.2, 0.25) is 0 Å². The van der Waals surface area contributed by atoms with Crippen LogP contribution in [0.5, 0.6) is 0 Å². The van der Waals surface area contributed by atoms with Crippen LogP contribution >= 0.6 is 0 Å². The van der Waals surface area contributed by atoms with Gasteiger partial charge in [-0.3, -0.25) is 10.1 Å². The number of nitro benzene ring substituents is 1. The average Bonchev–Trinajstić information content (AvgIpc) is 2.46. The lowest BCUT2D eigenvalue weighted by molar-refractivity contribution is -0.384. The molecule has 0 atom stereocenters. The summed E-state index contributed by atoms with van der Waals surface area (Å²) in [5.41, 5.74) is 0.0714. The van der Waals surface area contributed by atoms with Crippen LogP contribution in [-0.4, -0.2) is 29.1 Å². The number of para-hydroxylation sites is 1. The standard InChI is InChI=1S/C14H18N2O4/c1-15(10-6-3-2-4-7-10)13-11(14(17)18)8-5-9-12(13)16(19)20/h5,8-10H,2-4,6-7H2,1H3,(H,17,18). The first kappa shape index (κ1) is 14.3. The molecule has 1 N–H and O–H groups in total. The Kier molecular flexibility index (Phi) is 4.22. The second kappa shape index (κ2) is 5.90. The molecule has 20 heavy (non-hydrogen) atoms. The van der Waals surface area contributed by atoms with Gasteiger partial charge in [-0.15, -0.1) is 0 Å². The van der Waals surface area contributed by atoms with Crippen molar-refractivity contribution in [3.05, 3.63) is 33.9 Å². The number of carbonyl (C=O) groups is 1. The van der Waals surface area contributed by atoms with E-state index in [-0.39, 0.29) is 23.0 Å². The summed E-state index contributed by atoms with van der Waals surface area (Å²) in [7, 11) is 1.75. The molecule has 6 heteroatoms. The first-order chi connectivity index (χ1) is 9.52. The van der Waals surface area contributed by atoms with Gasteiger partial charge >= 0.3 is 5.97 Å². The molecule has 2 rings (SSSR count). The lowest BCUT2D eigenvalue weighted by Gasteiger charge is -2.33. The van der Waals surface area contributed by atoms with E-state index in [1.165, 1.54) is 24.6 Å². The second-order valence-electron chi connectivity index (χ2n) is 5.14. The predicted octanol–water partition coefficient (Wildman–Crippen LogP) is 3.06. The molecule has 6 nitrogen and oxygen atoms in total. The van der Waals surface area contributed by atoms with Gasteiger partial charge in [-0.25, -0.2) is 4.79 Å². The largest absolute Gasteiger partial charge is 0.478 e. The molecule has 1 saturated carbocycles. The summed E-state index contributed by atoms with van der Waals surface area (Å²) in [4.78, 5) is 23.8. The van der Waals surface area contributed by atoms with Crippen molar-refractivity contribution in [3.63, 3.8) is 0 Å². The highest BCUT2D eigenvalue weighted by atomic mass is 16.6. The van der Waals surface area contributed by atoms with Crippen LogP contribution in [-0.2, 0) is 0 Å². The molecular weight excluding hydrogens is 260 g/mol. The Hall–Kier alpha value is -2.11. The first-order valence-electron chi connectivity index (χ1n) is 6.76. The summed E-state index contributed by atoms with van der Waals surface area (Å²) >= 11 is 0. The number of anilines is 1. The molecule has 0 saturated heterocycles. The van der Waals surface area contributed by atoms with Crippen LogP contribution < -0.4 is 4.90 Å². The number of hydrogen-bond donors (Lipinski definition) is 1. The van der Waals surface area contributed by atoms with E-state index in [1.54, 1.807) is 11.9 Å². The van der Waals surface area contributed by atoms with E-state index >= 15 is 0 Å². The minimum atomic E-state index is -1.13. The van der Waals surface area contributed by atoms with Crippen molar-refractivity contribution in [3.8, 4) is 0 Å². The summed E-state index contributed by atoms with van der Waals surface area (Å²) in [6.07, 6.45) is 5.23. The molecule has 0 aromatic heterocycles. The summed E-state index contributed by atoms with van der Waals surface area (Å²) in [5, 5.41) is 20.4. The van der Waals surface area contributed by atoms with E-state index in [9.17, 15) is 20.0 Å². The van der Waals surface area contributed by atoms with Gasteiger partial charge in [-0.2, -0.15) is 0 Å². The maximum absolute atomic E-state index is 11.3. The average molecular weight is 278 g/mol. The fourth-order valence-corrected chi connectivity index (χ4v) is 2.87. The minimum absolute atomic E-state index is 0.00715. The summed E-state index contributed by atoms with van der Waals surface area (Å²) in [6.45, 7) is 0. The second-order valence-corrected chi connectivity index (χ2v) is 5.14. The number of carboxylic acid groups (broad SMARTS) is 1. The van der Waals surface area contributed by atoms with Crippen molar-refractivity contribution < 1.29 is 14.8 Å². The van der Waals surface area contributed by atoms with Crippen LogP contribution in [0.1, 0.15) is 42.5 Å². The number of hydrogen-bond acceptors (Lipinski definition) is 4. The third kappa shape index (κ3) is 2.74. The fraction of sp³-hybridized carbons (Fsp3) is 0.500. The van der Waals surface area contributed by atoms with E-state index in [4.69, 9.17) is 0 Å². The van der Waals surface area contributed by atoms with E-state index < -0.39 is 10.9 Å². The van der Waals surface area contributed by atoms with Gasteiger partial charge in [-0.1, -0.05) is 25.3 Å². The Morgan fingerprint density at radius 3 is 2.55 bits per heavy atom. The van der Waals surface area contributed by atoms with Crippen molar-refractivity contribution in [1.29, 1.82) is 0 Å². The molecule has 0 bridgehead atoms. The fourth-order valence-electron chi connectivity index (χ4n) is 2.87. The van der Waals surface area contributed by atoms with Crippen LogP contribution in [0.3, 0.4) is 0 Å². The van der Waals surface area contributed by atoms with Crippen LogP contribution in [0.4, 0.5) is 11.4 Å². The highest BCUT2D eigenvalue weighted by Crippen LogP contribution is 2.35. The van der Waals surface area contributed by atoms with E-state index in [0.717, 1.165) is 25.7 Å². The zero-order chi connectivity index (χ0) is 14.7. The van der Waals surface area contributed by atoms with E-state index in [0.29, 0.717) is 0 Å². The Bertz CT molecular complexity index is 492. The van der Waals surface area contributed by atoms with Gasteiger partial charge in [0.05, 0.1) is 10.5 Å². The van der Waals surface area contributed by atoms with Gasteiger partial charge in [0.25, 0.3) is 5.69 Å². The number of benzene rings is 1. The third-order valence-electron chi connectivity index (χ3n) is 3.92. The first-order valence-corrected chi connectivity index (χ1v) is 6.76. The predicted molar refractivity (Wildman–Crippen MR) is 75.3 cm³/mol. The number of rotatable bonds is 4. The number of carboxylic acids is 1. The number of nitrogens with zero attached hydrogens (tertiary/aromatic N) is 2. The Morgan fingerprint density at radius 2 is 2.00 bits per heavy atom. The van der Waals surface area contributed by atoms with Crippen molar-refractivity contribution in [1.82, 2.24) is 0 Å². The monoisotopic (exact) mass is 278 g/mol. The Labute approximate surface area is 117 Å². The summed E-state index contributed by atoms with van der Waals surface area (Å²) in [6, 6.07) is 4.37. The van der Waals surface area contributed by atoms with Gasteiger partial charge in [0.1, 0.15) is 5.69 Å². The molecule has 1 aliphatic carbocycles. The topological polar surface area (TPSA) is 83.7 Å². The molecule has 1 aromatic carbocycles. The zero-order valence-corrected chi connectivity index (χ0v) is 11.4. The Morgan fingerprint density at radius 1 is 1.35 bits per heavy atom. The van der Waals surface area contributed by atoms with Crippen molar-refractivity contribution >= 4 is 17.3 Å². The number of aromatic carboxylic acids is 1. The highest BCUT2D eigenvalue weighted by Gasteiger charge is 2.28. The van der Waals surface area contributed by atoms with E-state index in [1.807, 2.05) is 0 Å². The van der Waals surface area contributed by atoms with Crippen LogP contribution in [0.15, 0.2) is 18.2 Å². The minimum Gasteiger partial charge on any atom is -0.478 e. The molecule has 0 amide bonds. The van der Waals surface area contributed by atoms with Gasteiger partial charge in [0.2, 0.25) is 0 Å². The molecule has 1 aromatic rings. The van der Waals surface area contributed by atoms with Crippen molar-refractivity contribution in [2.24, 2.45) is 0 Å². The lowest BCUT2D eigenvalue weighted by Crippen LogP contribution is -2.34. The molecule has 108 valence electrons. The molecule has 0 radical (unpaired) electrons. The van der Waals surface area contributed by atoms with Crippen molar-refractivity contribution in [2.45, 2.75) is 38.1 Å². The lowest BCUT2D eigenvalue weighted by atomic mass is 9.93. The smallest absolute Gasteiger partial charge is 0.338 e. The van der Waals surface area contributed by atoms with Gasteiger partial charge in [0, 0.05) is 19.2 Å². The van der Waals surface area contributed by atoms with Gasteiger partial charge < -0.3 is 10.0 Å². The molecule has 1 aliphatic rings. The highest BCUT2D eigenvalue weighted by molar-refractivity contribution is 5.97. The summed E-state index contributed by atoms with van der Waals surface area (Å²) in [5.74, 6) is -1.13. The molecule has 1 fully saturated rings. The number of nitro groups is 1. The molecule has 0 heterocycles. The molecule has 0 aliphatic heterocycles. The third-order valence-corrected chi connectivity index (χ3v) is 3.92. The SMILES string of the molecule is CN(c1c(C(=O)O)cccc1[N+](=O)[O-])C1CCCCC1. The normalized spacial score (nSPS) is 15.8. The van der Waals surface area contributed by atoms with Crippen LogP contribution in [0.25, 0.3) is 0 Å². The maximum atomic E-state index is 11.3. The van der Waals surface area contributed by atoms with E-state index in [2.05, 4.69) is 0 Å². The summed E-state index contributed by atoms with van der Waals surface area (Å²) < 4.78 is 0. The molecular formula is C14H18N2O4. The van der Waals surface area contributed by atoms with Crippen molar-refractivity contribution in [2.75, 3.05) is 11.9 Å². The Balaban J connectivity index is 2.46. The van der Waals surface area contributed by atoms with Gasteiger partial charge in [0.15, 0.2) is 0 Å². The quantitative estimate of drug-likeness (QED) is 0.676.